The summed E-state index contributed by atoms with van der Waals surface area (Å²) in [6.45, 7) is 3.39. The molecule has 2 aromatic heterocycles. The van der Waals surface area contributed by atoms with Crippen molar-refractivity contribution in [3.63, 3.8) is 0 Å². The molecule has 0 bridgehead atoms. The number of pyridine rings is 1. The lowest BCUT2D eigenvalue weighted by Gasteiger charge is -2.16. The van der Waals surface area contributed by atoms with E-state index in [1.54, 1.807) is 10.5 Å². The molecule has 0 aliphatic heterocycles. The third-order valence-corrected chi connectivity index (χ3v) is 3.66. The van der Waals surface area contributed by atoms with E-state index in [4.69, 9.17) is 0 Å². The van der Waals surface area contributed by atoms with Crippen molar-refractivity contribution in [2.75, 3.05) is 7.05 Å². The molecule has 22 heavy (non-hydrogen) atoms. The second-order valence-corrected chi connectivity index (χ2v) is 5.60. The van der Waals surface area contributed by atoms with Crippen LogP contribution in [-0.4, -0.2) is 21.3 Å². The van der Waals surface area contributed by atoms with Gasteiger partial charge in [-0.3, -0.25) is 14.1 Å². The standard InChI is InChI=1S/C18H19N3O/c1-14-7-6-10-17-19-16(11-18(22)21(14)17)13-20(2)12-15-8-4-3-5-9-15/h3-11H,12-13H2,1-2H3. The number of benzene rings is 1. The highest BCUT2D eigenvalue weighted by Crippen LogP contribution is 2.07. The highest BCUT2D eigenvalue weighted by atomic mass is 16.1. The minimum absolute atomic E-state index is 0.0220. The van der Waals surface area contributed by atoms with Crippen molar-refractivity contribution < 1.29 is 0 Å². The summed E-state index contributed by atoms with van der Waals surface area (Å²) in [4.78, 5) is 19.0. The first-order valence-electron chi connectivity index (χ1n) is 7.34. The van der Waals surface area contributed by atoms with Gasteiger partial charge in [0.25, 0.3) is 5.56 Å². The van der Waals surface area contributed by atoms with Gasteiger partial charge in [0, 0.05) is 24.8 Å². The molecule has 1 aromatic carbocycles. The van der Waals surface area contributed by atoms with Gasteiger partial charge in [0.2, 0.25) is 0 Å². The first kappa shape index (κ1) is 14.5. The van der Waals surface area contributed by atoms with Gasteiger partial charge in [0.15, 0.2) is 0 Å². The van der Waals surface area contributed by atoms with Gasteiger partial charge >= 0.3 is 0 Å². The zero-order chi connectivity index (χ0) is 15.5. The summed E-state index contributed by atoms with van der Waals surface area (Å²) >= 11 is 0. The van der Waals surface area contributed by atoms with Gasteiger partial charge in [0.1, 0.15) is 5.65 Å². The number of aryl methyl sites for hydroxylation is 1. The molecule has 0 amide bonds. The lowest BCUT2D eigenvalue weighted by molar-refractivity contribution is 0.315. The van der Waals surface area contributed by atoms with E-state index in [2.05, 4.69) is 22.0 Å². The Balaban J connectivity index is 1.84. The first-order valence-corrected chi connectivity index (χ1v) is 7.34. The van der Waals surface area contributed by atoms with Crippen LogP contribution in [0.15, 0.2) is 59.4 Å². The summed E-state index contributed by atoms with van der Waals surface area (Å²) in [7, 11) is 2.03. The summed E-state index contributed by atoms with van der Waals surface area (Å²) in [5.74, 6) is 0. The van der Waals surface area contributed by atoms with Gasteiger partial charge in [-0.25, -0.2) is 4.98 Å². The van der Waals surface area contributed by atoms with E-state index in [1.165, 1.54) is 5.56 Å². The maximum Gasteiger partial charge on any atom is 0.258 e. The van der Waals surface area contributed by atoms with Crippen molar-refractivity contribution in [2.24, 2.45) is 0 Å². The van der Waals surface area contributed by atoms with Crippen LogP contribution in [0.1, 0.15) is 17.0 Å². The van der Waals surface area contributed by atoms with Crippen LogP contribution in [0.25, 0.3) is 5.65 Å². The van der Waals surface area contributed by atoms with Gasteiger partial charge in [-0.15, -0.1) is 0 Å². The Kier molecular flexibility index (Phi) is 4.02. The minimum atomic E-state index is -0.0220. The predicted molar refractivity (Wildman–Crippen MR) is 87.8 cm³/mol. The molecule has 112 valence electrons. The summed E-state index contributed by atoms with van der Waals surface area (Å²) in [6, 6.07) is 17.6. The minimum Gasteiger partial charge on any atom is -0.296 e. The highest BCUT2D eigenvalue weighted by molar-refractivity contribution is 5.40. The normalized spacial score (nSPS) is 11.2. The number of rotatable bonds is 4. The van der Waals surface area contributed by atoms with Crippen LogP contribution in [0, 0.1) is 6.92 Å². The molecule has 0 unspecified atom stereocenters. The number of aromatic nitrogens is 2. The molecule has 4 heteroatoms. The Morgan fingerprint density at radius 2 is 1.82 bits per heavy atom. The number of hydrogen-bond acceptors (Lipinski definition) is 3. The average molecular weight is 293 g/mol. The molecule has 4 nitrogen and oxygen atoms in total. The molecule has 0 saturated heterocycles. The summed E-state index contributed by atoms with van der Waals surface area (Å²) in [5, 5.41) is 0. The molecule has 3 aromatic rings. The Morgan fingerprint density at radius 1 is 1.05 bits per heavy atom. The van der Waals surface area contributed by atoms with E-state index in [0.29, 0.717) is 12.2 Å². The average Bonchev–Trinajstić information content (AvgIpc) is 2.47. The van der Waals surface area contributed by atoms with Crippen LogP contribution >= 0.6 is 0 Å². The molecule has 0 spiro atoms. The number of nitrogens with zero attached hydrogens (tertiary/aromatic N) is 3. The largest absolute Gasteiger partial charge is 0.296 e. The van der Waals surface area contributed by atoms with E-state index in [-0.39, 0.29) is 5.56 Å². The third kappa shape index (κ3) is 3.07. The molecule has 0 radical (unpaired) electrons. The van der Waals surface area contributed by atoms with E-state index in [0.717, 1.165) is 17.9 Å². The molecule has 0 atom stereocenters. The molecule has 0 fully saturated rings. The zero-order valence-electron chi connectivity index (χ0n) is 12.9. The number of hydrogen-bond donors (Lipinski definition) is 0. The molecule has 3 rings (SSSR count). The fraction of sp³-hybridized carbons (Fsp3) is 0.222. The van der Waals surface area contributed by atoms with Crippen LogP contribution in [-0.2, 0) is 13.1 Å². The Bertz CT molecular complexity index is 840. The van der Waals surface area contributed by atoms with Crippen LogP contribution in [0.5, 0.6) is 0 Å². The van der Waals surface area contributed by atoms with Gasteiger partial charge in [-0.2, -0.15) is 0 Å². The van der Waals surface area contributed by atoms with Crippen molar-refractivity contribution in [1.29, 1.82) is 0 Å². The van der Waals surface area contributed by atoms with Crippen molar-refractivity contribution in [3.8, 4) is 0 Å². The topological polar surface area (TPSA) is 37.6 Å². The van der Waals surface area contributed by atoms with Crippen LogP contribution < -0.4 is 5.56 Å². The zero-order valence-corrected chi connectivity index (χ0v) is 12.9. The molecular formula is C18H19N3O. The summed E-state index contributed by atoms with van der Waals surface area (Å²) < 4.78 is 1.64. The smallest absolute Gasteiger partial charge is 0.258 e. The second-order valence-electron chi connectivity index (χ2n) is 5.60. The first-order chi connectivity index (χ1) is 10.6. The van der Waals surface area contributed by atoms with Gasteiger partial charge in [-0.1, -0.05) is 36.4 Å². The Hall–Kier alpha value is -2.46. The maximum atomic E-state index is 12.3. The lowest BCUT2D eigenvalue weighted by Crippen LogP contribution is -2.22. The van der Waals surface area contributed by atoms with Gasteiger partial charge < -0.3 is 0 Å². The molecule has 2 heterocycles. The summed E-state index contributed by atoms with van der Waals surface area (Å²) in [5.41, 5.74) is 3.63. The highest BCUT2D eigenvalue weighted by Gasteiger charge is 2.07. The van der Waals surface area contributed by atoms with Crippen molar-refractivity contribution >= 4 is 5.65 Å². The maximum absolute atomic E-state index is 12.3. The van der Waals surface area contributed by atoms with Crippen molar-refractivity contribution in [3.05, 3.63) is 81.9 Å². The monoisotopic (exact) mass is 293 g/mol. The van der Waals surface area contributed by atoms with E-state index in [9.17, 15) is 4.79 Å². The fourth-order valence-electron chi connectivity index (χ4n) is 2.67. The van der Waals surface area contributed by atoms with Gasteiger partial charge in [0.05, 0.1) is 5.69 Å². The molecule has 0 saturated carbocycles. The SMILES string of the molecule is Cc1cccc2nc(CN(C)Cc3ccccc3)cc(=O)n12. The lowest BCUT2D eigenvalue weighted by atomic mass is 10.2. The molecular weight excluding hydrogens is 274 g/mol. The van der Waals surface area contributed by atoms with Gasteiger partial charge in [-0.05, 0) is 31.7 Å². The van der Waals surface area contributed by atoms with Crippen LogP contribution in [0.3, 0.4) is 0 Å². The van der Waals surface area contributed by atoms with Crippen LogP contribution in [0.4, 0.5) is 0 Å². The second kappa shape index (κ2) is 6.12. The predicted octanol–water partition coefficient (Wildman–Crippen LogP) is 2.63. The molecule has 0 aliphatic rings. The van der Waals surface area contributed by atoms with Crippen LogP contribution in [0.2, 0.25) is 0 Å². The number of fused-ring (bicyclic) bond motifs is 1. The Labute approximate surface area is 129 Å². The van der Waals surface area contributed by atoms with Crippen molar-refractivity contribution in [2.45, 2.75) is 20.0 Å². The van der Waals surface area contributed by atoms with Crippen molar-refractivity contribution in [1.82, 2.24) is 14.3 Å². The third-order valence-electron chi connectivity index (χ3n) is 3.66. The quantitative estimate of drug-likeness (QED) is 0.742. The van der Waals surface area contributed by atoms with E-state index in [1.807, 2.05) is 50.4 Å². The van der Waals surface area contributed by atoms with E-state index >= 15 is 0 Å². The fourth-order valence-corrected chi connectivity index (χ4v) is 2.67. The summed E-state index contributed by atoms with van der Waals surface area (Å²) in [6.07, 6.45) is 0. The Morgan fingerprint density at radius 3 is 2.59 bits per heavy atom. The molecule has 0 N–H and O–H groups in total. The molecule has 0 aliphatic carbocycles. The van der Waals surface area contributed by atoms with E-state index < -0.39 is 0 Å².